The third-order valence-corrected chi connectivity index (χ3v) is 19.9. The standard InChI is InChI=1S/C80H157NO8/c1-3-5-7-9-11-13-15-17-19-21-23-25-27-29-31-33-35-36-37-38-40-42-44-46-48-50-52-54-56-58-60-62-64-66-68-70-76(84)81-73(72-88-80-79(87)78(86)77(85)75(71-82)89-80)74(83)69-67-65-63-61-59-57-55-53-51-49-47-45-43-41-39-34-32-30-28-26-24-22-20-18-16-14-12-10-8-6-4-2/h67,69,73-75,77-80,82-83,85-87H,3-66,68,70-72H2,1-2H3,(H,81,84)/b69-67+. The molecule has 89 heavy (non-hydrogen) atoms. The number of nitrogens with one attached hydrogen (secondary N) is 1. The average Bonchev–Trinajstić information content (AvgIpc) is 3.44. The fraction of sp³-hybridized carbons (Fsp3) is 0.963. The maximum Gasteiger partial charge on any atom is 0.220 e. The minimum atomic E-state index is -1.57. The van der Waals surface area contributed by atoms with Crippen LogP contribution in [-0.2, 0) is 14.3 Å². The molecule has 0 aromatic heterocycles. The Balaban J connectivity index is 2.05. The van der Waals surface area contributed by atoms with E-state index in [1.54, 1.807) is 6.08 Å². The van der Waals surface area contributed by atoms with Gasteiger partial charge >= 0.3 is 0 Å². The summed E-state index contributed by atoms with van der Waals surface area (Å²) in [4.78, 5) is 13.2. The van der Waals surface area contributed by atoms with E-state index in [0.717, 1.165) is 38.5 Å². The Labute approximate surface area is 554 Å². The Kier molecular flexibility index (Phi) is 67.4. The number of unbranched alkanes of at least 4 members (excludes halogenated alkanes) is 63. The first-order chi connectivity index (χ1) is 43.8. The van der Waals surface area contributed by atoms with E-state index in [0.29, 0.717) is 6.42 Å². The van der Waals surface area contributed by atoms with Crippen LogP contribution in [0.1, 0.15) is 438 Å². The average molecular weight is 1260 g/mol. The highest BCUT2D eigenvalue weighted by molar-refractivity contribution is 5.76. The molecule has 9 nitrogen and oxygen atoms in total. The number of ether oxygens (including phenoxy) is 2. The topological polar surface area (TPSA) is 149 Å². The molecular weight excluding hydrogens is 1100 g/mol. The van der Waals surface area contributed by atoms with Crippen molar-refractivity contribution >= 4 is 5.91 Å². The summed E-state index contributed by atoms with van der Waals surface area (Å²) in [6.45, 7) is 3.86. The fourth-order valence-corrected chi connectivity index (χ4v) is 13.6. The van der Waals surface area contributed by atoms with Gasteiger partial charge in [0.25, 0.3) is 0 Å². The SMILES string of the molecule is CCCCCCCCCCCCCCCCCCCCCCCCCCCCCCC/C=C/C(O)C(COC1OC(CO)C(O)C(O)C1O)NC(=O)CCCCCCCCCCCCCCCCCCCCCCCCCCCCCCCCCCCCC. The zero-order valence-electron chi connectivity index (χ0n) is 59.7. The zero-order chi connectivity index (χ0) is 64.2. The van der Waals surface area contributed by atoms with Crippen LogP contribution in [-0.4, -0.2) is 87.5 Å². The second kappa shape index (κ2) is 69.8. The molecule has 0 aliphatic carbocycles. The van der Waals surface area contributed by atoms with Crippen LogP contribution in [0.5, 0.6) is 0 Å². The quantitative estimate of drug-likeness (QED) is 0.0261. The maximum absolute atomic E-state index is 13.2. The lowest BCUT2D eigenvalue weighted by molar-refractivity contribution is -0.302. The predicted molar refractivity (Wildman–Crippen MR) is 383 cm³/mol. The Morgan fingerprint density at radius 3 is 0.876 bits per heavy atom. The highest BCUT2D eigenvalue weighted by atomic mass is 16.7. The lowest BCUT2D eigenvalue weighted by atomic mass is 9.99. The summed E-state index contributed by atoms with van der Waals surface area (Å²) in [6, 6.07) is -0.803. The number of carbonyl (C=O) groups excluding carboxylic acids is 1. The van der Waals surface area contributed by atoms with Crippen LogP contribution in [0, 0.1) is 0 Å². The fourth-order valence-electron chi connectivity index (χ4n) is 13.6. The predicted octanol–water partition coefficient (Wildman–Crippen LogP) is 23.0. The third kappa shape index (κ3) is 58.1. The number of rotatable bonds is 73. The first-order valence-electron chi connectivity index (χ1n) is 40.4. The molecule has 0 saturated carbocycles. The van der Waals surface area contributed by atoms with E-state index in [2.05, 4.69) is 19.2 Å². The van der Waals surface area contributed by atoms with Crippen molar-refractivity contribution in [2.45, 2.75) is 480 Å². The van der Waals surface area contributed by atoms with E-state index in [1.807, 2.05) is 6.08 Å². The number of amides is 1. The van der Waals surface area contributed by atoms with Crippen molar-refractivity contribution in [1.82, 2.24) is 5.32 Å². The lowest BCUT2D eigenvalue weighted by Gasteiger charge is -2.40. The number of hydrogen-bond donors (Lipinski definition) is 6. The normalized spacial score (nSPS) is 17.8. The van der Waals surface area contributed by atoms with E-state index in [1.165, 1.54) is 379 Å². The molecule has 530 valence electrons. The van der Waals surface area contributed by atoms with Crippen LogP contribution in [0.15, 0.2) is 12.2 Å². The van der Waals surface area contributed by atoms with E-state index >= 15 is 0 Å². The molecule has 0 bridgehead atoms. The maximum atomic E-state index is 13.2. The number of aliphatic hydroxyl groups excluding tert-OH is 5. The van der Waals surface area contributed by atoms with Crippen LogP contribution in [0.25, 0.3) is 0 Å². The number of carbonyl (C=O) groups is 1. The number of hydrogen-bond acceptors (Lipinski definition) is 8. The highest BCUT2D eigenvalue weighted by Gasteiger charge is 2.44. The molecule has 7 unspecified atom stereocenters. The van der Waals surface area contributed by atoms with E-state index in [4.69, 9.17) is 9.47 Å². The van der Waals surface area contributed by atoms with Gasteiger partial charge in [0.15, 0.2) is 6.29 Å². The van der Waals surface area contributed by atoms with Gasteiger partial charge in [0, 0.05) is 6.42 Å². The van der Waals surface area contributed by atoms with E-state index in [9.17, 15) is 30.3 Å². The summed E-state index contributed by atoms with van der Waals surface area (Å²) in [5, 5.41) is 54.9. The molecule has 1 rings (SSSR count). The molecule has 1 heterocycles. The summed E-state index contributed by atoms with van der Waals surface area (Å²) < 4.78 is 11.4. The van der Waals surface area contributed by atoms with Crippen molar-refractivity contribution in [3.8, 4) is 0 Å². The summed E-state index contributed by atoms with van der Waals surface area (Å²) in [5.41, 5.74) is 0. The first-order valence-corrected chi connectivity index (χ1v) is 40.4. The summed E-state index contributed by atoms with van der Waals surface area (Å²) >= 11 is 0. The Morgan fingerprint density at radius 2 is 0.618 bits per heavy atom. The van der Waals surface area contributed by atoms with Gasteiger partial charge in [0.1, 0.15) is 24.4 Å². The van der Waals surface area contributed by atoms with Gasteiger partial charge in [-0.25, -0.2) is 0 Å². The Hall–Kier alpha value is -1.07. The second-order valence-corrected chi connectivity index (χ2v) is 28.6. The lowest BCUT2D eigenvalue weighted by Crippen LogP contribution is -2.60. The molecule has 0 spiro atoms. The van der Waals surface area contributed by atoms with Crippen molar-refractivity contribution in [1.29, 1.82) is 0 Å². The minimum absolute atomic E-state index is 0.165. The van der Waals surface area contributed by atoms with Gasteiger partial charge in [-0.1, -0.05) is 424 Å². The van der Waals surface area contributed by atoms with Crippen molar-refractivity contribution in [3.63, 3.8) is 0 Å². The molecule has 1 amide bonds. The molecular formula is C80H157NO8. The Morgan fingerprint density at radius 1 is 0.371 bits per heavy atom. The Bertz CT molecular complexity index is 1410. The van der Waals surface area contributed by atoms with E-state index in [-0.39, 0.29) is 12.5 Å². The first kappa shape index (κ1) is 85.9. The van der Waals surface area contributed by atoms with Crippen molar-refractivity contribution < 1.29 is 39.8 Å². The van der Waals surface area contributed by atoms with Crippen LogP contribution in [0.2, 0.25) is 0 Å². The summed E-state index contributed by atoms with van der Waals surface area (Å²) in [7, 11) is 0. The van der Waals surface area contributed by atoms with Gasteiger partial charge in [-0.3, -0.25) is 4.79 Å². The minimum Gasteiger partial charge on any atom is -0.394 e. The van der Waals surface area contributed by atoms with Crippen LogP contribution in [0.4, 0.5) is 0 Å². The zero-order valence-corrected chi connectivity index (χ0v) is 59.7. The molecule has 7 atom stereocenters. The van der Waals surface area contributed by atoms with Gasteiger partial charge < -0.3 is 40.3 Å². The van der Waals surface area contributed by atoms with Crippen LogP contribution in [0.3, 0.4) is 0 Å². The number of aliphatic hydroxyl groups is 5. The molecule has 0 aromatic rings. The van der Waals surface area contributed by atoms with Gasteiger partial charge in [-0.05, 0) is 19.3 Å². The molecule has 1 aliphatic heterocycles. The second-order valence-electron chi connectivity index (χ2n) is 28.6. The summed E-state index contributed by atoms with van der Waals surface area (Å²) in [5.74, 6) is -0.165. The molecule has 9 heteroatoms. The van der Waals surface area contributed by atoms with Crippen LogP contribution >= 0.6 is 0 Å². The smallest absolute Gasteiger partial charge is 0.220 e. The van der Waals surface area contributed by atoms with Crippen molar-refractivity contribution in [3.05, 3.63) is 12.2 Å². The number of allylic oxidation sites excluding steroid dienone is 1. The highest BCUT2D eigenvalue weighted by Crippen LogP contribution is 2.24. The van der Waals surface area contributed by atoms with Gasteiger partial charge in [-0.2, -0.15) is 0 Å². The van der Waals surface area contributed by atoms with Gasteiger partial charge in [-0.15, -0.1) is 0 Å². The molecule has 1 fully saturated rings. The van der Waals surface area contributed by atoms with Crippen molar-refractivity contribution in [2.24, 2.45) is 0 Å². The molecule has 0 aromatic carbocycles. The summed E-state index contributed by atoms with van der Waals surface area (Å²) in [6.07, 6.45) is 85.2. The molecule has 1 saturated heterocycles. The van der Waals surface area contributed by atoms with E-state index < -0.39 is 49.5 Å². The monoisotopic (exact) mass is 1260 g/mol. The largest absolute Gasteiger partial charge is 0.394 e. The molecule has 1 aliphatic rings. The molecule has 6 N–H and O–H groups in total. The van der Waals surface area contributed by atoms with Gasteiger partial charge in [0.2, 0.25) is 5.91 Å². The van der Waals surface area contributed by atoms with Gasteiger partial charge in [0.05, 0.1) is 25.4 Å². The molecule has 0 radical (unpaired) electrons. The van der Waals surface area contributed by atoms with Crippen LogP contribution < -0.4 is 5.32 Å². The third-order valence-electron chi connectivity index (χ3n) is 19.9. The van der Waals surface area contributed by atoms with Crippen molar-refractivity contribution in [2.75, 3.05) is 13.2 Å².